The van der Waals surface area contributed by atoms with Crippen LogP contribution in [0.1, 0.15) is 41.8 Å². The van der Waals surface area contributed by atoms with Crippen molar-refractivity contribution in [2.75, 3.05) is 0 Å². The molecule has 0 amide bonds. The smallest absolute Gasteiger partial charge is 0.0196 e. The summed E-state index contributed by atoms with van der Waals surface area (Å²) in [5.74, 6) is 0. The average Bonchev–Trinajstić information content (AvgIpc) is 2.60. The molecule has 0 bridgehead atoms. The number of fused-ring (bicyclic) bond motifs is 1. The molecule has 0 spiro atoms. The molecular formula is C16H19N. The summed E-state index contributed by atoms with van der Waals surface area (Å²) in [6, 6.07) is 13.1. The number of hydrogen-bond acceptors (Lipinski definition) is 0. The SMILES string of the molecule is c1ccc(Cc2cc3c([nH]2)CCCCC3)cc1. The Bertz CT molecular complexity index is 458. The van der Waals surface area contributed by atoms with Crippen LogP contribution in [0, 0.1) is 0 Å². The summed E-state index contributed by atoms with van der Waals surface area (Å²) in [6.07, 6.45) is 7.63. The third-order valence-electron chi connectivity index (χ3n) is 3.66. The molecular weight excluding hydrogens is 206 g/mol. The van der Waals surface area contributed by atoms with Gasteiger partial charge in [-0.2, -0.15) is 0 Å². The Morgan fingerprint density at radius 2 is 1.76 bits per heavy atom. The van der Waals surface area contributed by atoms with Crippen LogP contribution in [0.5, 0.6) is 0 Å². The van der Waals surface area contributed by atoms with Crippen LogP contribution in [0.2, 0.25) is 0 Å². The van der Waals surface area contributed by atoms with Crippen molar-refractivity contribution >= 4 is 0 Å². The lowest BCUT2D eigenvalue weighted by Crippen LogP contribution is -1.89. The Kier molecular flexibility index (Phi) is 3.00. The minimum absolute atomic E-state index is 1.04. The predicted octanol–water partition coefficient (Wildman–Crippen LogP) is 3.87. The third kappa shape index (κ3) is 2.44. The van der Waals surface area contributed by atoms with Gasteiger partial charge in [0, 0.05) is 17.8 Å². The van der Waals surface area contributed by atoms with E-state index in [2.05, 4.69) is 41.4 Å². The lowest BCUT2D eigenvalue weighted by molar-refractivity contribution is 0.706. The summed E-state index contributed by atoms with van der Waals surface area (Å²) in [7, 11) is 0. The average molecular weight is 225 g/mol. The maximum Gasteiger partial charge on any atom is 0.0196 e. The first-order valence-corrected chi connectivity index (χ1v) is 6.65. The number of benzene rings is 1. The van der Waals surface area contributed by atoms with Crippen LogP contribution < -0.4 is 0 Å². The Morgan fingerprint density at radius 1 is 0.941 bits per heavy atom. The Morgan fingerprint density at radius 3 is 2.65 bits per heavy atom. The molecule has 0 unspecified atom stereocenters. The molecule has 1 heterocycles. The van der Waals surface area contributed by atoms with Gasteiger partial charge in [0.05, 0.1) is 0 Å². The van der Waals surface area contributed by atoms with Crippen molar-refractivity contribution in [1.29, 1.82) is 0 Å². The number of rotatable bonds is 2. The molecule has 1 nitrogen and oxygen atoms in total. The van der Waals surface area contributed by atoms with Crippen molar-refractivity contribution in [3.05, 3.63) is 58.9 Å². The molecule has 0 saturated heterocycles. The second kappa shape index (κ2) is 4.79. The normalized spacial score (nSPS) is 15.3. The molecule has 0 fully saturated rings. The third-order valence-corrected chi connectivity index (χ3v) is 3.66. The van der Waals surface area contributed by atoms with E-state index in [0.717, 1.165) is 6.42 Å². The van der Waals surface area contributed by atoms with E-state index in [9.17, 15) is 0 Å². The highest BCUT2D eigenvalue weighted by Gasteiger charge is 2.11. The summed E-state index contributed by atoms with van der Waals surface area (Å²) in [5.41, 5.74) is 5.83. The van der Waals surface area contributed by atoms with Crippen molar-refractivity contribution in [3.8, 4) is 0 Å². The molecule has 0 radical (unpaired) electrons. The van der Waals surface area contributed by atoms with Crippen LogP contribution in [0.4, 0.5) is 0 Å². The Balaban J connectivity index is 1.81. The molecule has 1 N–H and O–H groups in total. The number of aryl methyl sites for hydroxylation is 2. The maximum atomic E-state index is 3.62. The van der Waals surface area contributed by atoms with Crippen LogP contribution in [-0.2, 0) is 19.3 Å². The van der Waals surface area contributed by atoms with Gasteiger partial charge in [-0.1, -0.05) is 36.8 Å². The molecule has 1 aliphatic carbocycles. The highest BCUT2D eigenvalue weighted by Crippen LogP contribution is 2.22. The van der Waals surface area contributed by atoms with Crippen molar-refractivity contribution in [2.24, 2.45) is 0 Å². The van der Waals surface area contributed by atoms with E-state index in [1.54, 1.807) is 5.56 Å². The van der Waals surface area contributed by atoms with Crippen LogP contribution in [-0.4, -0.2) is 4.98 Å². The van der Waals surface area contributed by atoms with E-state index in [-0.39, 0.29) is 0 Å². The van der Waals surface area contributed by atoms with Gasteiger partial charge in [-0.05, 0) is 42.9 Å². The van der Waals surface area contributed by atoms with Gasteiger partial charge in [0.1, 0.15) is 0 Å². The fourth-order valence-electron chi connectivity index (χ4n) is 2.76. The van der Waals surface area contributed by atoms with E-state index in [1.807, 2.05) is 0 Å². The molecule has 0 saturated carbocycles. The minimum Gasteiger partial charge on any atom is -0.362 e. The zero-order chi connectivity index (χ0) is 11.5. The minimum atomic E-state index is 1.04. The van der Waals surface area contributed by atoms with E-state index >= 15 is 0 Å². The van der Waals surface area contributed by atoms with E-state index in [4.69, 9.17) is 0 Å². The molecule has 0 aliphatic heterocycles. The molecule has 2 aromatic rings. The zero-order valence-electron chi connectivity index (χ0n) is 10.2. The van der Waals surface area contributed by atoms with Crippen molar-refractivity contribution < 1.29 is 0 Å². The quantitative estimate of drug-likeness (QED) is 0.747. The monoisotopic (exact) mass is 225 g/mol. The molecule has 1 aromatic heterocycles. The summed E-state index contributed by atoms with van der Waals surface area (Å²) in [6.45, 7) is 0. The topological polar surface area (TPSA) is 15.8 Å². The lowest BCUT2D eigenvalue weighted by atomic mass is 10.1. The van der Waals surface area contributed by atoms with E-state index < -0.39 is 0 Å². The van der Waals surface area contributed by atoms with Gasteiger partial charge in [-0.25, -0.2) is 0 Å². The molecule has 1 aromatic carbocycles. The standard InChI is InChI=1S/C16H19N/c1-3-7-13(8-4-1)11-15-12-14-9-5-2-6-10-16(14)17-15/h1,3-4,7-8,12,17H,2,5-6,9-11H2. The highest BCUT2D eigenvalue weighted by molar-refractivity contribution is 5.31. The molecule has 3 rings (SSSR count). The lowest BCUT2D eigenvalue weighted by Gasteiger charge is -1.99. The van der Waals surface area contributed by atoms with Gasteiger partial charge >= 0.3 is 0 Å². The fourth-order valence-corrected chi connectivity index (χ4v) is 2.76. The summed E-state index contributed by atoms with van der Waals surface area (Å²) in [5, 5.41) is 0. The van der Waals surface area contributed by atoms with Crippen molar-refractivity contribution in [2.45, 2.75) is 38.5 Å². The van der Waals surface area contributed by atoms with Crippen LogP contribution >= 0.6 is 0 Å². The van der Waals surface area contributed by atoms with Crippen LogP contribution in [0.15, 0.2) is 36.4 Å². The second-order valence-electron chi connectivity index (χ2n) is 5.02. The van der Waals surface area contributed by atoms with Gasteiger partial charge in [-0.15, -0.1) is 0 Å². The number of nitrogens with one attached hydrogen (secondary N) is 1. The van der Waals surface area contributed by atoms with Crippen molar-refractivity contribution in [1.82, 2.24) is 4.98 Å². The highest BCUT2D eigenvalue weighted by atomic mass is 14.7. The van der Waals surface area contributed by atoms with Gasteiger partial charge in [0.15, 0.2) is 0 Å². The molecule has 0 atom stereocenters. The summed E-state index contributed by atoms with van der Waals surface area (Å²) >= 11 is 0. The Hall–Kier alpha value is -1.50. The fraction of sp³-hybridized carbons (Fsp3) is 0.375. The zero-order valence-corrected chi connectivity index (χ0v) is 10.2. The second-order valence-corrected chi connectivity index (χ2v) is 5.02. The van der Waals surface area contributed by atoms with Gasteiger partial charge in [0.2, 0.25) is 0 Å². The first kappa shape index (κ1) is 10.6. The predicted molar refractivity (Wildman–Crippen MR) is 71.3 cm³/mol. The van der Waals surface area contributed by atoms with E-state index in [1.165, 1.54) is 49.1 Å². The Labute approximate surface area is 103 Å². The molecule has 1 heteroatoms. The summed E-state index contributed by atoms with van der Waals surface area (Å²) in [4.78, 5) is 3.62. The van der Waals surface area contributed by atoms with Crippen LogP contribution in [0.25, 0.3) is 0 Å². The largest absolute Gasteiger partial charge is 0.362 e. The van der Waals surface area contributed by atoms with Gasteiger partial charge < -0.3 is 4.98 Å². The first-order chi connectivity index (χ1) is 8.42. The molecule has 17 heavy (non-hydrogen) atoms. The number of aromatic amines is 1. The van der Waals surface area contributed by atoms with Crippen molar-refractivity contribution in [3.63, 3.8) is 0 Å². The number of H-pyrrole nitrogens is 1. The molecule has 1 aliphatic rings. The number of aromatic nitrogens is 1. The van der Waals surface area contributed by atoms with Crippen LogP contribution in [0.3, 0.4) is 0 Å². The van der Waals surface area contributed by atoms with Gasteiger partial charge in [-0.3, -0.25) is 0 Å². The molecule has 88 valence electrons. The maximum absolute atomic E-state index is 3.62. The summed E-state index contributed by atoms with van der Waals surface area (Å²) < 4.78 is 0. The first-order valence-electron chi connectivity index (χ1n) is 6.65. The van der Waals surface area contributed by atoms with Gasteiger partial charge in [0.25, 0.3) is 0 Å². The number of hydrogen-bond donors (Lipinski definition) is 1. The van der Waals surface area contributed by atoms with E-state index in [0.29, 0.717) is 0 Å².